The zero-order chi connectivity index (χ0) is 28.3. The molecular formula is C29H30ClN5O5. The van der Waals surface area contributed by atoms with Gasteiger partial charge in [0.25, 0.3) is 0 Å². The van der Waals surface area contributed by atoms with Gasteiger partial charge in [0.05, 0.1) is 19.8 Å². The van der Waals surface area contributed by atoms with Crippen LogP contribution in [0.15, 0.2) is 82.5 Å². The molecule has 0 saturated carbocycles. The Balaban J connectivity index is 1.45. The summed E-state index contributed by atoms with van der Waals surface area (Å²) in [7, 11) is 0. The van der Waals surface area contributed by atoms with E-state index in [1.807, 2.05) is 45.0 Å². The Bertz CT molecular complexity index is 1570. The minimum Gasteiger partial charge on any atom is -0.439 e. The number of rotatable bonds is 8. The second kappa shape index (κ2) is 11.2. The van der Waals surface area contributed by atoms with E-state index in [2.05, 4.69) is 15.3 Å². The monoisotopic (exact) mass is 563 g/mol. The van der Waals surface area contributed by atoms with E-state index in [0.29, 0.717) is 35.6 Å². The van der Waals surface area contributed by atoms with Crippen molar-refractivity contribution in [3.63, 3.8) is 0 Å². The average molecular weight is 564 g/mol. The van der Waals surface area contributed by atoms with Gasteiger partial charge in [-0.1, -0.05) is 36.7 Å². The number of ether oxygens (including phenoxy) is 3. The summed E-state index contributed by atoms with van der Waals surface area (Å²) in [6.07, 6.45) is 1.65. The lowest BCUT2D eigenvalue weighted by Crippen LogP contribution is -2.51. The van der Waals surface area contributed by atoms with Gasteiger partial charge in [-0.05, 0) is 61.9 Å². The van der Waals surface area contributed by atoms with Gasteiger partial charge < -0.3 is 19.5 Å². The number of pyridine rings is 1. The van der Waals surface area contributed by atoms with Crippen LogP contribution in [0.25, 0.3) is 0 Å². The van der Waals surface area contributed by atoms with Gasteiger partial charge in [-0.3, -0.25) is 4.57 Å². The van der Waals surface area contributed by atoms with E-state index >= 15 is 0 Å². The number of nitrogens with one attached hydrogen (secondary N) is 1. The summed E-state index contributed by atoms with van der Waals surface area (Å²) >= 11 is 6.06. The van der Waals surface area contributed by atoms with Crippen LogP contribution >= 0.6 is 11.6 Å². The number of benzene rings is 2. The SMILES string of the molecule is CC1(Cn2c(=O)nc(Nc3ccc(Oc4ccccn4)cc3)n(Cc3ccc(Cl)cc3)c2=O)COC(C)(C)OC1. The van der Waals surface area contributed by atoms with Gasteiger partial charge in [-0.2, -0.15) is 4.98 Å². The zero-order valence-electron chi connectivity index (χ0n) is 22.5. The van der Waals surface area contributed by atoms with E-state index in [0.717, 1.165) is 10.1 Å². The van der Waals surface area contributed by atoms with Gasteiger partial charge in [-0.25, -0.2) is 19.1 Å². The van der Waals surface area contributed by atoms with Crippen LogP contribution in [-0.2, 0) is 22.6 Å². The van der Waals surface area contributed by atoms with E-state index in [9.17, 15) is 9.59 Å². The molecule has 1 aliphatic rings. The predicted molar refractivity (Wildman–Crippen MR) is 151 cm³/mol. The Morgan fingerprint density at radius 3 is 2.30 bits per heavy atom. The van der Waals surface area contributed by atoms with Crippen LogP contribution < -0.4 is 21.4 Å². The lowest BCUT2D eigenvalue weighted by Gasteiger charge is -2.41. The van der Waals surface area contributed by atoms with Crippen molar-refractivity contribution >= 4 is 23.2 Å². The largest absolute Gasteiger partial charge is 0.439 e. The molecule has 1 saturated heterocycles. The zero-order valence-corrected chi connectivity index (χ0v) is 23.2. The van der Waals surface area contributed by atoms with Gasteiger partial charge >= 0.3 is 11.4 Å². The predicted octanol–water partition coefficient (Wildman–Crippen LogP) is 4.83. The average Bonchev–Trinajstić information content (AvgIpc) is 2.94. The molecule has 2 aromatic heterocycles. The van der Waals surface area contributed by atoms with Crippen LogP contribution in [0.4, 0.5) is 11.6 Å². The number of nitrogens with zero attached hydrogens (tertiary/aromatic N) is 4. The highest BCUT2D eigenvalue weighted by molar-refractivity contribution is 6.30. The van der Waals surface area contributed by atoms with Crippen molar-refractivity contribution < 1.29 is 14.2 Å². The second-order valence-electron chi connectivity index (χ2n) is 10.5. The van der Waals surface area contributed by atoms with E-state index in [-0.39, 0.29) is 19.0 Å². The molecule has 11 heteroatoms. The first-order chi connectivity index (χ1) is 19.1. The molecule has 0 bridgehead atoms. The fraction of sp³-hybridized carbons (Fsp3) is 0.310. The first-order valence-electron chi connectivity index (χ1n) is 12.8. The topological polar surface area (TPSA) is 110 Å². The molecule has 0 unspecified atom stereocenters. The molecular weight excluding hydrogens is 534 g/mol. The van der Waals surface area contributed by atoms with Crippen molar-refractivity contribution in [1.82, 2.24) is 19.1 Å². The van der Waals surface area contributed by atoms with Crippen molar-refractivity contribution in [2.45, 2.75) is 39.6 Å². The molecule has 208 valence electrons. The fourth-order valence-electron chi connectivity index (χ4n) is 4.19. The molecule has 1 fully saturated rings. The normalized spacial score (nSPS) is 15.9. The van der Waals surface area contributed by atoms with E-state index in [1.165, 1.54) is 4.57 Å². The highest BCUT2D eigenvalue weighted by atomic mass is 35.5. The maximum absolute atomic E-state index is 13.8. The third kappa shape index (κ3) is 6.59. The molecule has 0 radical (unpaired) electrons. The van der Waals surface area contributed by atoms with Crippen LogP contribution in [0, 0.1) is 5.41 Å². The molecule has 0 atom stereocenters. The van der Waals surface area contributed by atoms with Gasteiger partial charge in [0.1, 0.15) is 5.75 Å². The van der Waals surface area contributed by atoms with Crippen LogP contribution in [0.2, 0.25) is 5.02 Å². The van der Waals surface area contributed by atoms with Crippen molar-refractivity contribution in [2.24, 2.45) is 5.41 Å². The summed E-state index contributed by atoms with van der Waals surface area (Å²) < 4.78 is 19.9. The minimum atomic E-state index is -0.719. The first-order valence-corrected chi connectivity index (χ1v) is 13.2. The van der Waals surface area contributed by atoms with Crippen molar-refractivity contribution in [1.29, 1.82) is 0 Å². The summed E-state index contributed by atoms with van der Waals surface area (Å²) in [5, 5.41) is 3.70. The molecule has 3 heterocycles. The summed E-state index contributed by atoms with van der Waals surface area (Å²) in [5.74, 6) is 0.446. The van der Waals surface area contributed by atoms with Crippen LogP contribution in [0.3, 0.4) is 0 Å². The Labute approximate surface area is 236 Å². The number of hydrogen-bond acceptors (Lipinski definition) is 8. The van der Waals surface area contributed by atoms with Gasteiger partial charge in [0, 0.05) is 34.9 Å². The standard InChI is InChI=1S/C29H30ClN5O5/c1-28(2)38-18-29(3,19-39-28)17-35-26(36)33-25(34(27(35)37)16-20-7-9-21(30)10-8-20)32-22-11-13-23(14-12-22)40-24-6-4-5-15-31-24/h4-15H,16-19H2,1-3H3,(H,32,33,36). The van der Waals surface area contributed by atoms with E-state index < -0.39 is 22.6 Å². The molecule has 0 amide bonds. The Morgan fingerprint density at radius 1 is 0.950 bits per heavy atom. The summed E-state index contributed by atoms with van der Waals surface area (Å²) in [5.41, 5.74) is -0.320. The molecule has 0 spiro atoms. The molecule has 1 aliphatic heterocycles. The number of hydrogen-bond donors (Lipinski definition) is 1. The van der Waals surface area contributed by atoms with Crippen LogP contribution in [0.5, 0.6) is 11.6 Å². The highest BCUT2D eigenvalue weighted by Gasteiger charge is 2.38. The Hall–Kier alpha value is -3.99. The smallest absolute Gasteiger partial charge is 0.354 e. The highest BCUT2D eigenvalue weighted by Crippen LogP contribution is 2.30. The summed E-state index contributed by atoms with van der Waals surface area (Å²) in [6.45, 7) is 6.50. The van der Waals surface area contributed by atoms with Gasteiger partial charge in [0.2, 0.25) is 11.8 Å². The van der Waals surface area contributed by atoms with Gasteiger partial charge in [0.15, 0.2) is 5.79 Å². The van der Waals surface area contributed by atoms with Crippen molar-refractivity contribution in [3.05, 3.63) is 104 Å². The fourth-order valence-corrected chi connectivity index (χ4v) is 4.32. The number of halogens is 1. The first kappa shape index (κ1) is 27.6. The molecule has 2 aromatic carbocycles. The van der Waals surface area contributed by atoms with E-state index in [1.54, 1.807) is 48.7 Å². The minimum absolute atomic E-state index is 0.0915. The Morgan fingerprint density at radius 2 is 1.65 bits per heavy atom. The number of aromatic nitrogens is 4. The van der Waals surface area contributed by atoms with Gasteiger partial charge in [-0.15, -0.1) is 0 Å². The summed E-state index contributed by atoms with van der Waals surface area (Å²) in [6, 6.07) is 19.6. The molecule has 40 heavy (non-hydrogen) atoms. The molecule has 1 N–H and O–H groups in total. The third-order valence-corrected chi connectivity index (χ3v) is 6.70. The van der Waals surface area contributed by atoms with Crippen LogP contribution in [-0.4, -0.2) is 38.1 Å². The maximum Gasteiger partial charge on any atom is 0.354 e. The molecule has 10 nitrogen and oxygen atoms in total. The maximum atomic E-state index is 13.8. The summed E-state index contributed by atoms with van der Waals surface area (Å²) in [4.78, 5) is 35.4. The lowest BCUT2D eigenvalue weighted by atomic mass is 9.91. The third-order valence-electron chi connectivity index (χ3n) is 6.45. The molecule has 0 aliphatic carbocycles. The number of anilines is 2. The second-order valence-corrected chi connectivity index (χ2v) is 10.9. The Kier molecular flexibility index (Phi) is 7.75. The quantitative estimate of drug-likeness (QED) is 0.325. The van der Waals surface area contributed by atoms with Crippen LogP contribution in [0.1, 0.15) is 26.3 Å². The molecule has 4 aromatic rings. The lowest BCUT2D eigenvalue weighted by molar-refractivity contribution is -0.284. The molecule has 5 rings (SSSR count). The van der Waals surface area contributed by atoms with Crippen molar-refractivity contribution in [2.75, 3.05) is 18.5 Å². The van der Waals surface area contributed by atoms with Crippen molar-refractivity contribution in [3.8, 4) is 11.6 Å². The van der Waals surface area contributed by atoms with E-state index in [4.69, 9.17) is 25.8 Å².